The van der Waals surface area contributed by atoms with Gasteiger partial charge in [0.2, 0.25) is 11.8 Å². The molecule has 26 heavy (non-hydrogen) atoms. The Kier molecular flexibility index (Phi) is 7.15. The fraction of sp³-hybridized carbons (Fsp3) is 0.273. The summed E-state index contributed by atoms with van der Waals surface area (Å²) in [7, 11) is 0. The standard InChI is InChI=1S/C22H26N2O2/c1-4-14-24(16-21(25)23-20-13-9-8-10-17(20)2)22(26)15-18(3)19-11-6-5-7-12-19/h5-13,15H,4,14,16H2,1-3H3,(H,23,25). The van der Waals surface area contributed by atoms with Crippen LogP contribution >= 0.6 is 0 Å². The van der Waals surface area contributed by atoms with Crippen molar-refractivity contribution in [3.8, 4) is 0 Å². The summed E-state index contributed by atoms with van der Waals surface area (Å²) in [4.78, 5) is 26.6. The topological polar surface area (TPSA) is 49.4 Å². The molecule has 2 amide bonds. The normalized spacial score (nSPS) is 11.1. The number of anilines is 1. The molecular formula is C22H26N2O2. The Morgan fingerprint density at radius 2 is 1.69 bits per heavy atom. The fourth-order valence-corrected chi connectivity index (χ4v) is 2.67. The molecule has 0 aromatic heterocycles. The average molecular weight is 350 g/mol. The van der Waals surface area contributed by atoms with E-state index in [0.717, 1.165) is 28.8 Å². The van der Waals surface area contributed by atoms with Crippen molar-refractivity contribution in [2.45, 2.75) is 27.2 Å². The van der Waals surface area contributed by atoms with Gasteiger partial charge in [0.05, 0.1) is 0 Å². The van der Waals surface area contributed by atoms with Crippen LogP contribution in [-0.2, 0) is 9.59 Å². The van der Waals surface area contributed by atoms with E-state index in [2.05, 4.69) is 5.32 Å². The van der Waals surface area contributed by atoms with Crippen molar-refractivity contribution in [2.75, 3.05) is 18.4 Å². The summed E-state index contributed by atoms with van der Waals surface area (Å²) >= 11 is 0. The van der Waals surface area contributed by atoms with Crippen molar-refractivity contribution in [3.05, 3.63) is 71.8 Å². The van der Waals surface area contributed by atoms with Crippen molar-refractivity contribution < 1.29 is 9.59 Å². The van der Waals surface area contributed by atoms with Gasteiger partial charge in [-0.15, -0.1) is 0 Å². The van der Waals surface area contributed by atoms with Crippen LogP contribution in [0.4, 0.5) is 5.69 Å². The molecule has 4 heteroatoms. The molecule has 0 heterocycles. The molecule has 0 bridgehead atoms. The molecule has 0 saturated heterocycles. The molecule has 0 radical (unpaired) electrons. The predicted molar refractivity (Wildman–Crippen MR) is 107 cm³/mol. The number of carbonyl (C=O) groups excluding carboxylic acids is 2. The molecular weight excluding hydrogens is 324 g/mol. The van der Waals surface area contributed by atoms with E-state index < -0.39 is 0 Å². The molecule has 4 nitrogen and oxygen atoms in total. The lowest BCUT2D eigenvalue weighted by Gasteiger charge is -2.21. The van der Waals surface area contributed by atoms with Gasteiger partial charge in [0.15, 0.2) is 0 Å². The average Bonchev–Trinajstić information content (AvgIpc) is 2.64. The van der Waals surface area contributed by atoms with E-state index in [1.807, 2.05) is 75.4 Å². The lowest BCUT2D eigenvalue weighted by Crippen LogP contribution is -2.37. The summed E-state index contributed by atoms with van der Waals surface area (Å²) in [6.45, 7) is 6.42. The van der Waals surface area contributed by atoms with Crippen LogP contribution in [-0.4, -0.2) is 29.8 Å². The maximum atomic E-state index is 12.6. The molecule has 0 atom stereocenters. The van der Waals surface area contributed by atoms with Crippen LogP contribution in [0, 0.1) is 6.92 Å². The number of hydrogen-bond acceptors (Lipinski definition) is 2. The van der Waals surface area contributed by atoms with E-state index in [1.165, 1.54) is 0 Å². The summed E-state index contributed by atoms with van der Waals surface area (Å²) < 4.78 is 0. The van der Waals surface area contributed by atoms with Gasteiger partial charge < -0.3 is 10.2 Å². The first-order valence-electron chi connectivity index (χ1n) is 8.89. The smallest absolute Gasteiger partial charge is 0.247 e. The molecule has 2 aromatic carbocycles. The Labute approximate surface area is 155 Å². The van der Waals surface area contributed by atoms with Crippen LogP contribution in [0.5, 0.6) is 0 Å². The van der Waals surface area contributed by atoms with Crippen LogP contribution in [0.1, 0.15) is 31.4 Å². The minimum absolute atomic E-state index is 0.0412. The largest absolute Gasteiger partial charge is 0.330 e. The summed E-state index contributed by atoms with van der Waals surface area (Å²) in [5.74, 6) is -0.333. The number of amides is 2. The van der Waals surface area contributed by atoms with E-state index >= 15 is 0 Å². The van der Waals surface area contributed by atoms with Gasteiger partial charge in [-0.1, -0.05) is 55.5 Å². The van der Waals surface area contributed by atoms with E-state index in [-0.39, 0.29) is 18.4 Å². The highest BCUT2D eigenvalue weighted by Crippen LogP contribution is 2.15. The fourth-order valence-electron chi connectivity index (χ4n) is 2.67. The zero-order chi connectivity index (χ0) is 18.9. The Hall–Kier alpha value is -2.88. The predicted octanol–water partition coefficient (Wildman–Crippen LogP) is 4.28. The number of rotatable bonds is 7. The minimum atomic E-state index is -0.188. The number of allylic oxidation sites excluding steroid dienone is 1. The van der Waals surface area contributed by atoms with E-state index in [0.29, 0.717) is 6.54 Å². The van der Waals surface area contributed by atoms with Crippen LogP contribution in [0.3, 0.4) is 0 Å². The second kappa shape index (κ2) is 9.56. The van der Waals surface area contributed by atoms with Gasteiger partial charge in [0.25, 0.3) is 0 Å². The molecule has 0 fully saturated rings. The summed E-state index contributed by atoms with van der Waals surface area (Å²) in [5, 5.41) is 2.89. The molecule has 0 saturated carbocycles. The maximum Gasteiger partial charge on any atom is 0.247 e. The van der Waals surface area contributed by atoms with Gasteiger partial charge in [0, 0.05) is 18.3 Å². The second-order valence-corrected chi connectivity index (χ2v) is 6.32. The van der Waals surface area contributed by atoms with Gasteiger partial charge >= 0.3 is 0 Å². The molecule has 0 aliphatic rings. The lowest BCUT2D eigenvalue weighted by molar-refractivity contribution is -0.130. The zero-order valence-electron chi connectivity index (χ0n) is 15.7. The van der Waals surface area contributed by atoms with Crippen molar-refractivity contribution in [2.24, 2.45) is 0 Å². The molecule has 2 aromatic rings. The first-order chi connectivity index (χ1) is 12.5. The SMILES string of the molecule is CCCN(CC(=O)Nc1ccccc1C)C(=O)C=C(C)c1ccccc1. The van der Waals surface area contributed by atoms with Crippen molar-refractivity contribution in [3.63, 3.8) is 0 Å². The van der Waals surface area contributed by atoms with Crippen LogP contribution in [0.25, 0.3) is 5.57 Å². The Morgan fingerprint density at radius 1 is 1.04 bits per heavy atom. The molecule has 0 aliphatic carbocycles. The third-order valence-electron chi connectivity index (χ3n) is 4.13. The summed E-state index contributed by atoms with van der Waals surface area (Å²) in [5.41, 5.74) is 3.66. The number of hydrogen-bond donors (Lipinski definition) is 1. The highest BCUT2D eigenvalue weighted by molar-refractivity contribution is 5.99. The zero-order valence-corrected chi connectivity index (χ0v) is 15.7. The van der Waals surface area contributed by atoms with Crippen LogP contribution in [0.15, 0.2) is 60.7 Å². The summed E-state index contributed by atoms with van der Waals surface area (Å²) in [6.07, 6.45) is 2.40. The van der Waals surface area contributed by atoms with Gasteiger partial charge in [-0.05, 0) is 43.0 Å². The molecule has 1 N–H and O–H groups in total. The quantitative estimate of drug-likeness (QED) is 0.758. The van der Waals surface area contributed by atoms with Gasteiger partial charge in [0.1, 0.15) is 6.54 Å². The van der Waals surface area contributed by atoms with E-state index in [1.54, 1.807) is 11.0 Å². The van der Waals surface area contributed by atoms with Crippen molar-refractivity contribution in [1.82, 2.24) is 4.90 Å². The first-order valence-corrected chi connectivity index (χ1v) is 8.89. The third kappa shape index (κ3) is 5.59. The van der Waals surface area contributed by atoms with E-state index in [4.69, 9.17) is 0 Å². The number of para-hydroxylation sites is 1. The molecule has 0 aliphatic heterocycles. The number of benzene rings is 2. The maximum absolute atomic E-state index is 12.6. The number of nitrogens with zero attached hydrogens (tertiary/aromatic N) is 1. The molecule has 0 spiro atoms. The van der Waals surface area contributed by atoms with Crippen LogP contribution < -0.4 is 5.32 Å². The monoisotopic (exact) mass is 350 g/mol. The Morgan fingerprint density at radius 3 is 2.35 bits per heavy atom. The van der Waals surface area contributed by atoms with Gasteiger partial charge in [-0.3, -0.25) is 9.59 Å². The van der Waals surface area contributed by atoms with Gasteiger partial charge in [-0.25, -0.2) is 0 Å². The Bertz CT molecular complexity index is 782. The highest BCUT2D eigenvalue weighted by Gasteiger charge is 2.15. The number of nitrogens with one attached hydrogen (secondary N) is 1. The van der Waals surface area contributed by atoms with Crippen molar-refractivity contribution >= 4 is 23.1 Å². The first kappa shape index (κ1) is 19.4. The number of carbonyl (C=O) groups is 2. The molecule has 0 unspecified atom stereocenters. The Balaban J connectivity index is 2.06. The lowest BCUT2D eigenvalue weighted by atomic mass is 10.1. The van der Waals surface area contributed by atoms with Crippen molar-refractivity contribution in [1.29, 1.82) is 0 Å². The van der Waals surface area contributed by atoms with E-state index in [9.17, 15) is 9.59 Å². The van der Waals surface area contributed by atoms with Crippen LogP contribution in [0.2, 0.25) is 0 Å². The number of aryl methyl sites for hydroxylation is 1. The molecule has 2 rings (SSSR count). The molecule has 136 valence electrons. The van der Waals surface area contributed by atoms with Gasteiger partial charge in [-0.2, -0.15) is 0 Å². The second-order valence-electron chi connectivity index (χ2n) is 6.32. The highest BCUT2D eigenvalue weighted by atomic mass is 16.2. The minimum Gasteiger partial charge on any atom is -0.330 e. The summed E-state index contributed by atoms with van der Waals surface area (Å²) in [6, 6.07) is 17.4. The third-order valence-corrected chi connectivity index (χ3v) is 4.13.